The molecule has 0 radical (unpaired) electrons. The standard InChI is InChI=1S/C18H23N3OS2/c1-13-4-6-14(7-5-13)24-18(8-2-3-9-18)12-20-17(22)15-11-23-16(10-19)21-15/h4-7,11H,2-3,8-10,12,19H2,1H3,(H,20,22). The summed E-state index contributed by atoms with van der Waals surface area (Å²) in [6.07, 6.45) is 4.72. The van der Waals surface area contributed by atoms with Crippen molar-refractivity contribution in [1.82, 2.24) is 10.3 Å². The molecular weight excluding hydrogens is 338 g/mol. The van der Waals surface area contributed by atoms with Crippen LogP contribution in [0.4, 0.5) is 0 Å². The second kappa shape index (κ2) is 7.68. The highest BCUT2D eigenvalue weighted by atomic mass is 32.2. The summed E-state index contributed by atoms with van der Waals surface area (Å²) in [7, 11) is 0. The van der Waals surface area contributed by atoms with Crippen LogP contribution in [-0.4, -0.2) is 22.2 Å². The maximum Gasteiger partial charge on any atom is 0.270 e. The van der Waals surface area contributed by atoms with Crippen LogP contribution in [0.1, 0.15) is 46.7 Å². The van der Waals surface area contributed by atoms with Crippen molar-refractivity contribution in [1.29, 1.82) is 0 Å². The van der Waals surface area contributed by atoms with E-state index in [1.54, 1.807) is 5.38 Å². The molecule has 1 aromatic carbocycles. The van der Waals surface area contributed by atoms with E-state index in [9.17, 15) is 4.79 Å². The number of carbonyl (C=O) groups excluding carboxylic acids is 1. The molecule has 0 unspecified atom stereocenters. The number of amides is 1. The third kappa shape index (κ3) is 4.18. The maximum atomic E-state index is 12.4. The summed E-state index contributed by atoms with van der Waals surface area (Å²) in [5.41, 5.74) is 7.32. The van der Waals surface area contributed by atoms with Crippen LogP contribution < -0.4 is 11.1 Å². The van der Waals surface area contributed by atoms with Crippen molar-refractivity contribution in [3.8, 4) is 0 Å². The van der Waals surface area contributed by atoms with Crippen molar-refractivity contribution in [2.75, 3.05) is 6.54 Å². The monoisotopic (exact) mass is 361 g/mol. The minimum Gasteiger partial charge on any atom is -0.349 e. The Morgan fingerprint density at radius 3 is 2.67 bits per heavy atom. The number of nitrogens with two attached hydrogens (primary N) is 1. The molecule has 24 heavy (non-hydrogen) atoms. The van der Waals surface area contributed by atoms with Gasteiger partial charge in [0.25, 0.3) is 5.91 Å². The predicted octanol–water partition coefficient (Wildman–Crippen LogP) is 3.75. The molecule has 0 saturated heterocycles. The van der Waals surface area contributed by atoms with E-state index < -0.39 is 0 Å². The zero-order valence-corrected chi connectivity index (χ0v) is 15.5. The Kier molecular flexibility index (Phi) is 5.58. The highest BCUT2D eigenvalue weighted by Gasteiger charge is 2.35. The number of nitrogens with one attached hydrogen (secondary N) is 1. The van der Waals surface area contributed by atoms with Gasteiger partial charge in [-0.15, -0.1) is 23.1 Å². The van der Waals surface area contributed by atoms with Crippen LogP contribution >= 0.6 is 23.1 Å². The molecule has 2 aromatic rings. The predicted molar refractivity (Wildman–Crippen MR) is 101 cm³/mol. The molecule has 1 aromatic heterocycles. The summed E-state index contributed by atoms with van der Waals surface area (Å²) in [6, 6.07) is 8.64. The van der Waals surface area contributed by atoms with Crippen molar-refractivity contribution in [3.05, 3.63) is 45.9 Å². The van der Waals surface area contributed by atoms with Gasteiger partial charge < -0.3 is 11.1 Å². The molecule has 4 nitrogen and oxygen atoms in total. The summed E-state index contributed by atoms with van der Waals surface area (Å²) >= 11 is 3.34. The molecule has 1 fully saturated rings. The second-order valence-electron chi connectivity index (χ2n) is 6.32. The topological polar surface area (TPSA) is 68.0 Å². The Morgan fingerprint density at radius 2 is 2.04 bits per heavy atom. The summed E-state index contributed by atoms with van der Waals surface area (Å²) in [6.45, 7) is 3.16. The van der Waals surface area contributed by atoms with Crippen LogP contribution in [0.5, 0.6) is 0 Å². The summed E-state index contributed by atoms with van der Waals surface area (Å²) in [5.74, 6) is -0.0956. The quantitative estimate of drug-likeness (QED) is 0.822. The van der Waals surface area contributed by atoms with Crippen LogP contribution in [0.3, 0.4) is 0 Å². The molecule has 0 bridgehead atoms. The van der Waals surface area contributed by atoms with Crippen molar-refractivity contribution < 1.29 is 4.79 Å². The van der Waals surface area contributed by atoms with Crippen LogP contribution in [0, 0.1) is 6.92 Å². The second-order valence-corrected chi connectivity index (χ2v) is 8.80. The molecule has 0 aliphatic heterocycles. The summed E-state index contributed by atoms with van der Waals surface area (Å²) in [4.78, 5) is 17.9. The lowest BCUT2D eigenvalue weighted by Crippen LogP contribution is -2.38. The third-order valence-electron chi connectivity index (χ3n) is 4.40. The zero-order valence-electron chi connectivity index (χ0n) is 13.9. The number of aromatic nitrogens is 1. The molecular formula is C18H23N3OS2. The molecule has 3 N–H and O–H groups in total. The average Bonchev–Trinajstić information content (AvgIpc) is 3.25. The first-order chi connectivity index (χ1) is 11.6. The van der Waals surface area contributed by atoms with E-state index in [-0.39, 0.29) is 10.7 Å². The van der Waals surface area contributed by atoms with Gasteiger partial charge in [0.2, 0.25) is 0 Å². The molecule has 0 atom stereocenters. The number of aryl methyl sites for hydroxylation is 1. The minimum atomic E-state index is -0.0956. The third-order valence-corrected chi connectivity index (χ3v) is 6.76. The van der Waals surface area contributed by atoms with Gasteiger partial charge in [-0.25, -0.2) is 4.98 Å². The summed E-state index contributed by atoms with van der Waals surface area (Å²) < 4.78 is 0.0949. The Hall–Kier alpha value is -1.37. The van der Waals surface area contributed by atoms with Crippen molar-refractivity contribution in [2.24, 2.45) is 5.73 Å². The number of benzene rings is 1. The van der Waals surface area contributed by atoms with E-state index in [0.717, 1.165) is 17.8 Å². The fourth-order valence-corrected chi connectivity index (χ4v) is 5.10. The van der Waals surface area contributed by atoms with E-state index in [1.807, 2.05) is 11.8 Å². The Labute approximate surface area is 151 Å². The largest absolute Gasteiger partial charge is 0.349 e. The van der Waals surface area contributed by atoms with Gasteiger partial charge in [0, 0.05) is 28.1 Å². The molecule has 0 spiro atoms. The number of rotatable bonds is 6. The normalized spacial score (nSPS) is 16.2. The molecule has 1 saturated carbocycles. The highest BCUT2D eigenvalue weighted by Crippen LogP contribution is 2.44. The van der Waals surface area contributed by atoms with E-state index in [2.05, 4.69) is 41.5 Å². The van der Waals surface area contributed by atoms with Crippen molar-refractivity contribution >= 4 is 29.0 Å². The minimum absolute atomic E-state index is 0.0949. The number of thiazole rings is 1. The number of hydrogen-bond acceptors (Lipinski definition) is 5. The van der Waals surface area contributed by atoms with E-state index in [4.69, 9.17) is 5.73 Å². The first-order valence-corrected chi connectivity index (χ1v) is 9.98. The number of nitrogens with zero attached hydrogens (tertiary/aromatic N) is 1. The lowest BCUT2D eigenvalue weighted by molar-refractivity contribution is 0.0945. The Morgan fingerprint density at radius 1 is 1.33 bits per heavy atom. The van der Waals surface area contributed by atoms with E-state index in [1.165, 1.54) is 34.6 Å². The number of carbonyl (C=O) groups is 1. The fourth-order valence-electron chi connectivity index (χ4n) is 3.03. The van der Waals surface area contributed by atoms with Crippen molar-refractivity contribution in [2.45, 2.75) is 48.8 Å². The van der Waals surface area contributed by atoms with Gasteiger partial charge in [0.1, 0.15) is 10.7 Å². The molecule has 1 aliphatic carbocycles. The fraction of sp³-hybridized carbons (Fsp3) is 0.444. The molecule has 128 valence electrons. The highest BCUT2D eigenvalue weighted by molar-refractivity contribution is 8.00. The number of hydrogen-bond donors (Lipinski definition) is 2. The molecule has 1 amide bonds. The SMILES string of the molecule is Cc1ccc(SC2(CNC(=O)c3csc(CN)n3)CCCC2)cc1. The van der Waals surface area contributed by atoms with Crippen LogP contribution in [0.2, 0.25) is 0 Å². The number of thioether (sulfide) groups is 1. The first kappa shape index (κ1) is 17.5. The first-order valence-electron chi connectivity index (χ1n) is 8.29. The van der Waals surface area contributed by atoms with E-state index in [0.29, 0.717) is 18.8 Å². The summed E-state index contributed by atoms with van der Waals surface area (Å²) in [5, 5.41) is 5.67. The smallest absolute Gasteiger partial charge is 0.270 e. The zero-order chi connectivity index (χ0) is 17.0. The van der Waals surface area contributed by atoms with Gasteiger partial charge in [0.05, 0.1) is 0 Å². The van der Waals surface area contributed by atoms with Gasteiger partial charge in [0.15, 0.2) is 0 Å². The lowest BCUT2D eigenvalue weighted by Gasteiger charge is -2.28. The Bertz CT molecular complexity index is 691. The van der Waals surface area contributed by atoms with Crippen molar-refractivity contribution in [3.63, 3.8) is 0 Å². The van der Waals surface area contributed by atoms with Gasteiger partial charge in [-0.2, -0.15) is 0 Å². The maximum absolute atomic E-state index is 12.4. The van der Waals surface area contributed by atoms with Gasteiger partial charge in [-0.1, -0.05) is 30.5 Å². The average molecular weight is 362 g/mol. The molecule has 1 heterocycles. The van der Waals surface area contributed by atoms with Gasteiger partial charge >= 0.3 is 0 Å². The Balaban J connectivity index is 1.65. The molecule has 6 heteroatoms. The van der Waals surface area contributed by atoms with Crippen LogP contribution in [0.25, 0.3) is 0 Å². The lowest BCUT2D eigenvalue weighted by atomic mass is 10.1. The van der Waals surface area contributed by atoms with Crippen LogP contribution in [-0.2, 0) is 6.54 Å². The van der Waals surface area contributed by atoms with Gasteiger partial charge in [-0.05, 0) is 31.9 Å². The molecule has 1 aliphatic rings. The molecule has 3 rings (SSSR count). The van der Waals surface area contributed by atoms with Crippen LogP contribution in [0.15, 0.2) is 34.5 Å². The van der Waals surface area contributed by atoms with Gasteiger partial charge in [-0.3, -0.25) is 4.79 Å². The van der Waals surface area contributed by atoms with E-state index >= 15 is 0 Å².